The maximum atomic E-state index is 12.9. The molecule has 8 atom stereocenters. The zero-order chi connectivity index (χ0) is 89.5. The number of aromatic nitrogens is 6. The fourth-order valence-electron chi connectivity index (χ4n) is 13.3. The lowest BCUT2D eigenvalue weighted by Gasteiger charge is -2.23. The van der Waals surface area contributed by atoms with E-state index in [9.17, 15) is 38.4 Å². The van der Waals surface area contributed by atoms with E-state index in [0.29, 0.717) is 69.4 Å². The summed E-state index contributed by atoms with van der Waals surface area (Å²) in [4.78, 5) is 122. The Balaban J connectivity index is 0.000000187. The monoisotopic (exact) mass is 1710 g/mol. The number of thiophene rings is 2. The number of nitrogens with zero attached hydrogens (tertiary/aromatic N) is 5. The van der Waals surface area contributed by atoms with E-state index < -0.39 is 53.8 Å². The maximum absolute atomic E-state index is 12.9. The number of esters is 4. The maximum Gasteiger partial charge on any atom is 0.311 e. The molecule has 0 saturated heterocycles. The van der Waals surface area contributed by atoms with Gasteiger partial charge in [0.05, 0.1) is 92.1 Å². The van der Waals surface area contributed by atoms with Crippen molar-refractivity contribution < 1.29 is 57.3 Å². The number of H-pyrrole nitrogens is 1. The molecule has 0 aliphatic heterocycles. The second-order valence-corrected chi connectivity index (χ2v) is 31.0. The summed E-state index contributed by atoms with van der Waals surface area (Å²) >= 11 is 2.69. The van der Waals surface area contributed by atoms with E-state index in [2.05, 4.69) is 72.5 Å². The van der Waals surface area contributed by atoms with Crippen LogP contribution in [0.15, 0.2) is 275 Å². The van der Waals surface area contributed by atoms with Crippen LogP contribution in [0.1, 0.15) is 112 Å². The van der Waals surface area contributed by atoms with Gasteiger partial charge in [0.15, 0.2) is 0 Å². The zero-order valence-corrected chi connectivity index (χ0v) is 71.8. The molecule has 0 aliphatic carbocycles. The van der Waals surface area contributed by atoms with Crippen LogP contribution in [0.3, 0.4) is 0 Å². The number of rotatable bonds is 32. The average Bonchev–Trinajstić information content (AvgIpc) is 1.60. The molecular formula is C96H102N14O12S2. The van der Waals surface area contributed by atoms with E-state index in [1.807, 2.05) is 174 Å². The van der Waals surface area contributed by atoms with Crippen molar-refractivity contribution in [2.24, 2.45) is 46.6 Å². The van der Waals surface area contributed by atoms with Crippen LogP contribution in [-0.4, -0.2) is 130 Å². The molecule has 640 valence electrons. The third-order valence-electron chi connectivity index (χ3n) is 20.4. The predicted molar refractivity (Wildman–Crippen MR) is 486 cm³/mol. The topological polar surface area (TPSA) is 398 Å². The SMILES string of the molecule is C=C(N)c1cccc(CC(C(=O)OC)C(C)NC(=O)c2cc(-c3ccccn3)cs2)c1.C=C(N)c1cccc(CC(C(=O)OC)C(C)NC(=O)c2cc(-c3ccncc3)cs2)c1.C=C(N)c1cccc(CC(C(=O)OC)C(C)NC(=O)c2ccc(-c3cnc[nH]3)cc2)c1.C=C(N)c1cccc(CC(C(=O)OC)C(C)NC(=O)c2cccc(-n3ccnc3)c2)c1. The van der Waals surface area contributed by atoms with Gasteiger partial charge in [-0.25, -0.2) is 9.97 Å². The number of hydrogen-bond donors (Lipinski definition) is 9. The molecule has 124 heavy (non-hydrogen) atoms. The fraction of sp³-hybridized carbons (Fsp3) is 0.208. The highest BCUT2D eigenvalue weighted by molar-refractivity contribution is 7.12. The van der Waals surface area contributed by atoms with Crippen molar-refractivity contribution in [3.63, 3.8) is 0 Å². The van der Waals surface area contributed by atoms with Crippen molar-refractivity contribution in [3.05, 3.63) is 340 Å². The molecule has 8 unspecified atom stereocenters. The molecule has 13 N–H and O–H groups in total. The van der Waals surface area contributed by atoms with Gasteiger partial charge in [-0.1, -0.05) is 123 Å². The number of pyridine rings is 2. The molecule has 28 heteroatoms. The minimum atomic E-state index is -0.563. The van der Waals surface area contributed by atoms with Crippen LogP contribution < -0.4 is 44.2 Å². The lowest BCUT2D eigenvalue weighted by atomic mass is 9.91. The lowest BCUT2D eigenvalue weighted by Crippen LogP contribution is -2.42. The minimum absolute atomic E-state index is 0.226. The van der Waals surface area contributed by atoms with Crippen molar-refractivity contribution in [2.75, 3.05) is 28.4 Å². The van der Waals surface area contributed by atoms with Gasteiger partial charge in [0, 0.05) is 106 Å². The number of nitrogens with one attached hydrogen (secondary N) is 5. The number of imidazole rings is 2. The first-order chi connectivity index (χ1) is 59.5. The number of carbonyl (C=O) groups is 8. The molecule has 4 amide bonds. The van der Waals surface area contributed by atoms with Gasteiger partial charge in [-0.3, -0.25) is 48.3 Å². The third kappa shape index (κ3) is 26.7. The molecule has 0 spiro atoms. The molecule has 0 bridgehead atoms. The number of amides is 4. The number of methoxy groups -OCH3 is 4. The Bertz CT molecular complexity index is 5510. The molecular weight excluding hydrogens is 1610 g/mol. The average molecular weight is 1710 g/mol. The van der Waals surface area contributed by atoms with E-state index >= 15 is 0 Å². The number of aromatic amines is 1. The molecule has 0 fully saturated rings. The minimum Gasteiger partial charge on any atom is -0.469 e. The van der Waals surface area contributed by atoms with Gasteiger partial charge in [-0.05, 0) is 211 Å². The molecule has 6 aromatic heterocycles. The largest absolute Gasteiger partial charge is 0.469 e. The lowest BCUT2D eigenvalue weighted by molar-refractivity contribution is -0.147. The van der Waals surface area contributed by atoms with E-state index in [0.717, 1.165) is 83.8 Å². The van der Waals surface area contributed by atoms with Gasteiger partial charge in [-0.15, -0.1) is 22.7 Å². The molecule has 6 aromatic carbocycles. The Morgan fingerprint density at radius 1 is 0.395 bits per heavy atom. The highest BCUT2D eigenvalue weighted by Gasteiger charge is 2.33. The van der Waals surface area contributed by atoms with Gasteiger partial charge in [0.1, 0.15) is 0 Å². The second-order valence-electron chi connectivity index (χ2n) is 29.2. The van der Waals surface area contributed by atoms with Crippen molar-refractivity contribution in [2.45, 2.75) is 77.5 Å². The number of carbonyl (C=O) groups excluding carboxylic acids is 8. The first-order valence-corrected chi connectivity index (χ1v) is 41.2. The molecule has 26 nitrogen and oxygen atoms in total. The normalized spacial score (nSPS) is 12.6. The molecule has 0 radical (unpaired) electrons. The molecule has 12 aromatic rings. The fourth-order valence-corrected chi connectivity index (χ4v) is 14.9. The van der Waals surface area contributed by atoms with E-state index in [1.165, 1.54) is 51.1 Å². The summed E-state index contributed by atoms with van der Waals surface area (Å²) in [5.41, 5.74) is 39.1. The quantitative estimate of drug-likeness (QED) is 0.0140. The highest BCUT2D eigenvalue weighted by Crippen LogP contribution is 2.30. The molecule has 0 saturated carbocycles. The van der Waals surface area contributed by atoms with Crippen LogP contribution in [-0.2, 0) is 63.8 Å². The standard InChI is InChI=1S/2C24H26N4O3.2C24H25N3O3S/c1-16(25)19-7-4-6-18(12-19)13-22(24(30)31-3)17(2)27-23(29)20-8-5-9-21(14-20)28-11-10-26-15-28;1-15(25)20-6-4-5-17(11-20)12-21(24(30)31-3)16(2)28-23(29)19-9-7-18(8-10-19)22-13-26-14-27-22;1-15(25)18-8-6-7-17(11-18)12-20(24(29)30-3)16(2)27-23(28)22-13-19(14-31-22)21-9-4-5-10-26-21;1-15(25)19-6-4-5-17(11-19)12-21(24(29)30-3)16(2)27-23(28)22-13-20(14-31-22)18-7-9-26-10-8-18/h4-12,14-15,17,22H,1,13,25H2,2-3H3,(H,27,29);4-11,13-14,16,21H,1,12,25H2,2-3H3,(H,26,27)(H,28,29);4-11,13-14,16,20H,1,12,25H2,2-3H3,(H,27,28);4-11,13-14,16,21H,1,12,25H2,2-3H3,(H,27,28). The summed E-state index contributed by atoms with van der Waals surface area (Å²) in [5.74, 6) is -4.76. The number of nitrogens with two attached hydrogens (primary N) is 4. The van der Waals surface area contributed by atoms with Gasteiger partial charge in [0.2, 0.25) is 0 Å². The summed E-state index contributed by atoms with van der Waals surface area (Å²) in [6.07, 6.45) is 15.2. The Kier molecular flexibility index (Phi) is 34.3. The number of ether oxygens (including phenoxy) is 4. The Morgan fingerprint density at radius 2 is 0.790 bits per heavy atom. The van der Waals surface area contributed by atoms with Crippen molar-refractivity contribution in [1.82, 2.24) is 50.8 Å². The smallest absolute Gasteiger partial charge is 0.311 e. The first kappa shape index (κ1) is 93.2. The van der Waals surface area contributed by atoms with Gasteiger partial charge < -0.3 is 72.7 Å². The number of benzene rings is 6. The predicted octanol–water partition coefficient (Wildman–Crippen LogP) is 13.9. The van der Waals surface area contributed by atoms with E-state index in [1.54, 1.807) is 107 Å². The Morgan fingerprint density at radius 3 is 1.17 bits per heavy atom. The Labute approximate surface area is 729 Å². The van der Waals surface area contributed by atoms with Gasteiger partial charge in [-0.2, -0.15) is 0 Å². The third-order valence-corrected chi connectivity index (χ3v) is 22.2. The summed E-state index contributed by atoms with van der Waals surface area (Å²) in [5, 5.41) is 15.6. The first-order valence-electron chi connectivity index (χ1n) is 39.4. The van der Waals surface area contributed by atoms with E-state index in [-0.39, 0.29) is 41.5 Å². The van der Waals surface area contributed by atoms with Gasteiger partial charge >= 0.3 is 23.9 Å². The zero-order valence-electron chi connectivity index (χ0n) is 70.2. The van der Waals surface area contributed by atoms with Crippen LogP contribution >= 0.6 is 22.7 Å². The van der Waals surface area contributed by atoms with Crippen LogP contribution in [0.25, 0.3) is 62.1 Å². The highest BCUT2D eigenvalue weighted by atomic mass is 32.1. The second kappa shape index (κ2) is 45.7. The van der Waals surface area contributed by atoms with E-state index in [4.69, 9.17) is 41.9 Å². The van der Waals surface area contributed by atoms with Crippen LogP contribution in [0.4, 0.5) is 0 Å². The summed E-state index contributed by atoms with van der Waals surface area (Å²) in [6, 6.07) is 55.8. The van der Waals surface area contributed by atoms with Crippen molar-refractivity contribution in [1.29, 1.82) is 0 Å². The summed E-state index contributed by atoms with van der Waals surface area (Å²) in [7, 11) is 5.38. The Hall–Kier alpha value is -14.6. The molecule has 0 aliphatic rings. The summed E-state index contributed by atoms with van der Waals surface area (Å²) in [6.45, 7) is 22.2. The molecule has 6 heterocycles. The van der Waals surface area contributed by atoms with Gasteiger partial charge in [0.25, 0.3) is 23.6 Å². The van der Waals surface area contributed by atoms with Crippen molar-refractivity contribution in [3.8, 4) is 39.3 Å². The van der Waals surface area contributed by atoms with Crippen molar-refractivity contribution >= 4 is 93.0 Å². The van der Waals surface area contributed by atoms with Crippen LogP contribution in [0.2, 0.25) is 0 Å². The molecule has 12 rings (SSSR count). The summed E-state index contributed by atoms with van der Waals surface area (Å²) < 4.78 is 21.8. The van der Waals surface area contributed by atoms with Crippen LogP contribution in [0.5, 0.6) is 0 Å². The van der Waals surface area contributed by atoms with Crippen LogP contribution in [0, 0.1) is 23.7 Å². The number of hydrogen-bond acceptors (Lipinski definition) is 22.